The maximum absolute atomic E-state index is 12.2. The molecule has 1 amide bonds. The van der Waals surface area contributed by atoms with Crippen LogP contribution < -0.4 is 0 Å². The summed E-state index contributed by atoms with van der Waals surface area (Å²) in [5, 5.41) is 0. The molecular formula is C13H19NO4. The van der Waals surface area contributed by atoms with Crippen LogP contribution in [0, 0.1) is 0 Å². The van der Waals surface area contributed by atoms with E-state index in [4.69, 9.17) is 14.2 Å². The molecule has 0 aromatic carbocycles. The van der Waals surface area contributed by atoms with Crippen molar-refractivity contribution in [2.24, 2.45) is 0 Å². The molecule has 2 bridgehead atoms. The summed E-state index contributed by atoms with van der Waals surface area (Å²) in [5.41, 5.74) is -0.482. The smallest absolute Gasteiger partial charge is 0.411 e. The molecule has 5 heteroatoms. The molecule has 0 N–H and O–H groups in total. The first-order valence-corrected chi connectivity index (χ1v) is 6.39. The minimum atomic E-state index is -0.629. The number of hydrogen-bond donors (Lipinski definition) is 0. The molecule has 5 nitrogen and oxygen atoms in total. The van der Waals surface area contributed by atoms with Crippen molar-refractivity contribution >= 4 is 6.09 Å². The zero-order valence-electron chi connectivity index (χ0n) is 11.0. The van der Waals surface area contributed by atoms with Gasteiger partial charge in [-0.2, -0.15) is 0 Å². The van der Waals surface area contributed by atoms with Gasteiger partial charge in [0.2, 0.25) is 0 Å². The highest BCUT2D eigenvalue weighted by molar-refractivity contribution is 5.71. The first kappa shape index (κ1) is 12.0. The van der Waals surface area contributed by atoms with Gasteiger partial charge in [0.15, 0.2) is 5.79 Å². The van der Waals surface area contributed by atoms with Gasteiger partial charge in [0.1, 0.15) is 11.6 Å². The van der Waals surface area contributed by atoms with E-state index in [0.717, 1.165) is 0 Å². The molecule has 0 aliphatic carbocycles. The molecule has 0 saturated carbocycles. The Balaban J connectivity index is 1.78. The van der Waals surface area contributed by atoms with Gasteiger partial charge in [-0.15, -0.1) is 0 Å². The Morgan fingerprint density at radius 1 is 1.33 bits per heavy atom. The van der Waals surface area contributed by atoms with Crippen molar-refractivity contribution in [1.82, 2.24) is 4.90 Å². The van der Waals surface area contributed by atoms with Gasteiger partial charge in [0.05, 0.1) is 19.3 Å². The van der Waals surface area contributed by atoms with Crippen molar-refractivity contribution in [1.29, 1.82) is 0 Å². The standard InChI is InChI=1S/C13H19NO4/c1-12(2,3)18-11(15)14-9-4-5-10(14)13(8-9)16-6-7-17-13/h4-5,9-10H,6-8H2,1-3H3/t9-,10+/m1/s1. The molecule has 0 aromatic rings. The van der Waals surface area contributed by atoms with E-state index in [1.165, 1.54) is 0 Å². The number of hydrogen-bond acceptors (Lipinski definition) is 4. The van der Waals surface area contributed by atoms with Gasteiger partial charge in [-0.1, -0.05) is 12.2 Å². The predicted octanol–water partition coefficient (Wildman–Crippen LogP) is 1.68. The van der Waals surface area contributed by atoms with Gasteiger partial charge in [0.25, 0.3) is 0 Å². The monoisotopic (exact) mass is 253 g/mol. The minimum Gasteiger partial charge on any atom is -0.444 e. The molecule has 3 heterocycles. The molecule has 2 atom stereocenters. The number of ether oxygens (including phenoxy) is 3. The van der Waals surface area contributed by atoms with Crippen molar-refractivity contribution in [2.75, 3.05) is 13.2 Å². The van der Waals surface area contributed by atoms with Crippen molar-refractivity contribution in [2.45, 2.75) is 50.7 Å². The molecule has 2 saturated heterocycles. The van der Waals surface area contributed by atoms with Crippen LogP contribution in [0.25, 0.3) is 0 Å². The average Bonchev–Trinajstić information content (AvgIpc) is 2.89. The number of amides is 1. The van der Waals surface area contributed by atoms with E-state index in [2.05, 4.69) is 0 Å². The Morgan fingerprint density at radius 3 is 2.61 bits per heavy atom. The van der Waals surface area contributed by atoms with Gasteiger partial charge < -0.3 is 14.2 Å². The van der Waals surface area contributed by atoms with Crippen molar-refractivity contribution in [3.05, 3.63) is 12.2 Å². The van der Waals surface area contributed by atoms with E-state index in [9.17, 15) is 4.79 Å². The van der Waals surface area contributed by atoms with E-state index < -0.39 is 11.4 Å². The van der Waals surface area contributed by atoms with Crippen molar-refractivity contribution in [3.8, 4) is 0 Å². The van der Waals surface area contributed by atoms with Gasteiger partial charge in [-0.05, 0) is 20.8 Å². The molecule has 1 spiro atoms. The Kier molecular flexibility index (Phi) is 2.47. The first-order chi connectivity index (χ1) is 8.41. The molecule has 100 valence electrons. The third-order valence-electron chi connectivity index (χ3n) is 3.50. The molecule has 3 aliphatic rings. The van der Waals surface area contributed by atoms with Crippen molar-refractivity contribution in [3.63, 3.8) is 0 Å². The number of rotatable bonds is 0. The number of carbonyl (C=O) groups is 1. The van der Waals surface area contributed by atoms with E-state index >= 15 is 0 Å². The second-order valence-electron chi connectivity index (χ2n) is 6.00. The third kappa shape index (κ3) is 1.73. The van der Waals surface area contributed by atoms with Gasteiger partial charge in [0, 0.05) is 6.42 Å². The highest BCUT2D eigenvalue weighted by atomic mass is 16.7. The maximum Gasteiger partial charge on any atom is 0.411 e. The zero-order chi connectivity index (χ0) is 13.0. The fourth-order valence-corrected chi connectivity index (χ4v) is 2.89. The normalized spacial score (nSPS) is 32.5. The molecule has 0 aromatic heterocycles. The van der Waals surface area contributed by atoms with E-state index in [-0.39, 0.29) is 18.2 Å². The zero-order valence-corrected chi connectivity index (χ0v) is 11.0. The van der Waals surface area contributed by atoms with Crippen LogP contribution in [-0.2, 0) is 14.2 Å². The van der Waals surface area contributed by atoms with Crippen LogP contribution >= 0.6 is 0 Å². The summed E-state index contributed by atoms with van der Waals surface area (Å²) in [6.07, 6.45) is 4.43. The van der Waals surface area contributed by atoms with E-state index in [1.54, 1.807) is 4.90 Å². The van der Waals surface area contributed by atoms with Crippen LogP contribution in [0.4, 0.5) is 4.79 Å². The Labute approximate surface area is 107 Å². The van der Waals surface area contributed by atoms with Crippen LogP contribution in [0.3, 0.4) is 0 Å². The van der Waals surface area contributed by atoms with Crippen LogP contribution in [0.2, 0.25) is 0 Å². The lowest BCUT2D eigenvalue weighted by molar-refractivity contribution is -0.162. The SMILES string of the molecule is CC(C)(C)OC(=O)N1[C@@H]2C=C[C@H]1C1(C2)OCCO1. The molecule has 3 aliphatic heterocycles. The van der Waals surface area contributed by atoms with Gasteiger partial charge >= 0.3 is 6.09 Å². The summed E-state index contributed by atoms with van der Waals surface area (Å²) in [4.78, 5) is 13.9. The lowest BCUT2D eigenvalue weighted by Crippen LogP contribution is -2.47. The van der Waals surface area contributed by atoms with Crippen LogP contribution in [0.5, 0.6) is 0 Å². The number of carbonyl (C=O) groups excluding carboxylic acids is 1. The summed E-state index contributed by atoms with van der Waals surface area (Å²) < 4.78 is 16.9. The fraction of sp³-hybridized carbons (Fsp3) is 0.769. The van der Waals surface area contributed by atoms with Crippen molar-refractivity contribution < 1.29 is 19.0 Å². The second-order valence-corrected chi connectivity index (χ2v) is 6.00. The minimum absolute atomic E-state index is 0.0305. The predicted molar refractivity (Wildman–Crippen MR) is 64.0 cm³/mol. The highest BCUT2D eigenvalue weighted by Gasteiger charge is 2.59. The van der Waals surface area contributed by atoms with Crippen LogP contribution in [0.15, 0.2) is 12.2 Å². The average molecular weight is 253 g/mol. The molecule has 2 fully saturated rings. The van der Waals surface area contributed by atoms with E-state index in [1.807, 2.05) is 32.9 Å². The highest BCUT2D eigenvalue weighted by Crippen LogP contribution is 2.45. The number of fused-ring (bicyclic) bond motifs is 3. The molecule has 0 radical (unpaired) electrons. The van der Waals surface area contributed by atoms with Gasteiger partial charge in [-0.3, -0.25) is 4.90 Å². The topological polar surface area (TPSA) is 48.0 Å². The summed E-state index contributed by atoms with van der Waals surface area (Å²) >= 11 is 0. The van der Waals surface area contributed by atoms with Crippen LogP contribution in [-0.4, -0.2) is 47.7 Å². The summed E-state index contributed by atoms with van der Waals surface area (Å²) in [6.45, 7) is 6.80. The summed E-state index contributed by atoms with van der Waals surface area (Å²) in [6, 6.07) is -0.122. The van der Waals surface area contributed by atoms with Gasteiger partial charge in [-0.25, -0.2) is 4.79 Å². The van der Waals surface area contributed by atoms with E-state index in [0.29, 0.717) is 19.6 Å². The maximum atomic E-state index is 12.2. The lowest BCUT2D eigenvalue weighted by Gasteiger charge is -2.31. The lowest BCUT2D eigenvalue weighted by atomic mass is 10.0. The Bertz CT molecular complexity index is 392. The summed E-state index contributed by atoms with van der Waals surface area (Å²) in [7, 11) is 0. The molecule has 0 unspecified atom stereocenters. The first-order valence-electron chi connectivity index (χ1n) is 6.39. The quantitative estimate of drug-likeness (QED) is 0.616. The number of nitrogens with zero attached hydrogens (tertiary/aromatic N) is 1. The third-order valence-corrected chi connectivity index (χ3v) is 3.50. The van der Waals surface area contributed by atoms with Crippen LogP contribution in [0.1, 0.15) is 27.2 Å². The molecule has 3 rings (SSSR count). The second kappa shape index (κ2) is 3.71. The largest absolute Gasteiger partial charge is 0.444 e. The molecule has 18 heavy (non-hydrogen) atoms. The fourth-order valence-electron chi connectivity index (χ4n) is 2.89. The molecular weight excluding hydrogens is 234 g/mol. The Hall–Kier alpha value is -1.07. The Morgan fingerprint density at radius 2 is 2.00 bits per heavy atom. The summed E-state index contributed by atoms with van der Waals surface area (Å²) in [5.74, 6) is -0.629.